The van der Waals surface area contributed by atoms with Gasteiger partial charge in [0.15, 0.2) is 0 Å². The molecule has 0 radical (unpaired) electrons. The number of rotatable bonds is 6. The first-order valence-corrected chi connectivity index (χ1v) is 13.4. The van der Waals surface area contributed by atoms with Gasteiger partial charge in [-0.05, 0) is 45.4 Å². The largest absolute Gasteiger partial charge is 0.465 e. The zero-order valence-electron chi connectivity index (χ0n) is 20.7. The van der Waals surface area contributed by atoms with E-state index in [1.807, 2.05) is 36.1 Å². The van der Waals surface area contributed by atoms with Crippen molar-refractivity contribution >= 4 is 17.8 Å². The molecule has 1 spiro atoms. The standard InChI is InChI=1S/C27H38N2O6/c1-26-13-6-9-18-34-25(33)21(26)20-23(31)29(15-7-3-8-17-30)22-24(32)28(19-11-4-2-5-12-19)16-10-14-27(20,22)35-26/h6,10,13-14,19-22,30H,2-5,7-9,11-12,15-18H2,1H3/t20-,21-,22?,26+,27-/m0/s1. The Kier molecular flexibility index (Phi) is 6.79. The number of carbonyl (C=O) groups is 3. The predicted octanol–water partition coefficient (Wildman–Crippen LogP) is 2.35. The van der Waals surface area contributed by atoms with Crippen LogP contribution in [0.3, 0.4) is 0 Å². The van der Waals surface area contributed by atoms with Crippen LogP contribution in [0.2, 0.25) is 0 Å². The highest BCUT2D eigenvalue weighted by molar-refractivity contribution is 5.99. The molecule has 2 amide bonds. The maximum Gasteiger partial charge on any atom is 0.313 e. The lowest BCUT2D eigenvalue weighted by molar-refractivity contribution is -0.160. The van der Waals surface area contributed by atoms with Gasteiger partial charge >= 0.3 is 5.97 Å². The predicted molar refractivity (Wildman–Crippen MR) is 128 cm³/mol. The number of aliphatic hydroxyl groups excluding tert-OH is 1. The molecule has 1 saturated carbocycles. The molecule has 0 bridgehead atoms. The molecule has 5 rings (SSSR count). The lowest BCUT2D eigenvalue weighted by Crippen LogP contribution is -2.57. The van der Waals surface area contributed by atoms with Gasteiger partial charge in [-0.3, -0.25) is 14.4 Å². The molecular formula is C27H38N2O6. The van der Waals surface area contributed by atoms with Crippen LogP contribution in [-0.2, 0) is 23.9 Å². The fourth-order valence-corrected chi connectivity index (χ4v) is 7.04. The van der Waals surface area contributed by atoms with Gasteiger partial charge in [0.05, 0.1) is 18.1 Å². The number of hydrogen-bond donors (Lipinski definition) is 1. The third-order valence-electron chi connectivity index (χ3n) is 8.62. The topological polar surface area (TPSA) is 96.4 Å². The Hall–Kier alpha value is -2.19. The van der Waals surface area contributed by atoms with Gasteiger partial charge < -0.3 is 24.4 Å². The van der Waals surface area contributed by atoms with Gasteiger partial charge in [0.2, 0.25) is 11.8 Å². The van der Waals surface area contributed by atoms with Crippen molar-refractivity contribution in [2.75, 3.05) is 26.3 Å². The quantitative estimate of drug-likeness (QED) is 0.352. The van der Waals surface area contributed by atoms with Crippen molar-refractivity contribution in [2.24, 2.45) is 11.8 Å². The number of ether oxygens (including phenoxy) is 2. The second kappa shape index (κ2) is 9.69. The Labute approximate surface area is 207 Å². The number of carbonyl (C=O) groups excluding carboxylic acids is 3. The molecule has 4 aliphatic heterocycles. The Morgan fingerprint density at radius 1 is 1.00 bits per heavy atom. The van der Waals surface area contributed by atoms with Gasteiger partial charge in [-0.25, -0.2) is 0 Å². The third kappa shape index (κ3) is 4.02. The van der Waals surface area contributed by atoms with Gasteiger partial charge in [0.25, 0.3) is 0 Å². The minimum Gasteiger partial charge on any atom is -0.465 e. The number of nitrogens with zero attached hydrogens (tertiary/aromatic N) is 2. The van der Waals surface area contributed by atoms with E-state index in [0.717, 1.165) is 32.1 Å². The monoisotopic (exact) mass is 486 g/mol. The molecule has 3 fully saturated rings. The van der Waals surface area contributed by atoms with Crippen molar-refractivity contribution in [1.82, 2.24) is 9.80 Å². The number of aliphatic hydroxyl groups is 1. The number of cyclic esters (lactones) is 1. The summed E-state index contributed by atoms with van der Waals surface area (Å²) in [6, 6.07) is -0.641. The van der Waals surface area contributed by atoms with Crippen molar-refractivity contribution < 1.29 is 29.0 Å². The summed E-state index contributed by atoms with van der Waals surface area (Å²) < 4.78 is 12.3. The highest BCUT2D eigenvalue weighted by Crippen LogP contribution is 2.57. The molecule has 0 aromatic heterocycles. The van der Waals surface area contributed by atoms with E-state index in [4.69, 9.17) is 9.47 Å². The Bertz CT molecular complexity index is 911. The van der Waals surface area contributed by atoms with E-state index in [9.17, 15) is 19.5 Å². The van der Waals surface area contributed by atoms with E-state index >= 15 is 0 Å². The molecule has 8 heteroatoms. The summed E-state index contributed by atoms with van der Waals surface area (Å²) in [7, 11) is 0. The van der Waals surface area contributed by atoms with Crippen molar-refractivity contribution in [3.63, 3.8) is 0 Å². The van der Waals surface area contributed by atoms with Crippen molar-refractivity contribution in [3.8, 4) is 0 Å². The number of unbranched alkanes of at least 4 members (excludes halogenated alkanes) is 2. The van der Waals surface area contributed by atoms with E-state index in [1.165, 1.54) is 6.42 Å². The molecule has 5 atom stereocenters. The second-order valence-electron chi connectivity index (χ2n) is 10.9. The zero-order chi connectivity index (χ0) is 24.6. The van der Waals surface area contributed by atoms with Crippen LogP contribution in [0.5, 0.6) is 0 Å². The lowest BCUT2D eigenvalue weighted by Gasteiger charge is -2.40. The molecule has 0 aromatic rings. The molecule has 35 heavy (non-hydrogen) atoms. The molecule has 2 saturated heterocycles. The second-order valence-corrected chi connectivity index (χ2v) is 10.9. The van der Waals surface area contributed by atoms with Crippen LogP contribution in [0.4, 0.5) is 0 Å². The van der Waals surface area contributed by atoms with Crippen LogP contribution < -0.4 is 0 Å². The van der Waals surface area contributed by atoms with Crippen molar-refractivity contribution in [1.29, 1.82) is 0 Å². The maximum absolute atomic E-state index is 14.3. The average Bonchev–Trinajstić information content (AvgIpc) is 3.16. The maximum atomic E-state index is 14.3. The summed E-state index contributed by atoms with van der Waals surface area (Å²) >= 11 is 0. The van der Waals surface area contributed by atoms with E-state index in [0.29, 0.717) is 32.4 Å². The summed E-state index contributed by atoms with van der Waals surface area (Å²) in [4.78, 5) is 45.2. The van der Waals surface area contributed by atoms with Gasteiger partial charge in [-0.15, -0.1) is 0 Å². The van der Waals surface area contributed by atoms with E-state index in [-0.39, 0.29) is 31.1 Å². The molecular weight excluding hydrogens is 448 g/mol. The first kappa shape index (κ1) is 24.5. The van der Waals surface area contributed by atoms with E-state index in [1.54, 1.807) is 4.90 Å². The Morgan fingerprint density at radius 3 is 2.57 bits per heavy atom. The molecule has 0 aromatic carbocycles. The zero-order valence-corrected chi connectivity index (χ0v) is 20.7. The lowest BCUT2D eigenvalue weighted by atomic mass is 9.74. The van der Waals surface area contributed by atoms with Gasteiger partial charge in [-0.1, -0.05) is 43.6 Å². The Balaban J connectivity index is 1.55. The van der Waals surface area contributed by atoms with Crippen molar-refractivity contribution in [3.05, 3.63) is 24.3 Å². The number of esters is 1. The minimum absolute atomic E-state index is 0.0740. The van der Waals surface area contributed by atoms with Crippen LogP contribution in [0.1, 0.15) is 64.7 Å². The summed E-state index contributed by atoms with van der Waals surface area (Å²) in [5, 5.41) is 9.19. The highest BCUT2D eigenvalue weighted by atomic mass is 16.6. The molecule has 4 heterocycles. The van der Waals surface area contributed by atoms with Crippen LogP contribution in [-0.4, -0.2) is 82.3 Å². The molecule has 8 nitrogen and oxygen atoms in total. The number of likely N-dealkylation sites (tertiary alicyclic amines) is 1. The highest BCUT2D eigenvalue weighted by Gasteiger charge is 2.74. The summed E-state index contributed by atoms with van der Waals surface area (Å²) in [6.45, 7) is 3.10. The molecule has 1 aliphatic carbocycles. The van der Waals surface area contributed by atoms with Crippen LogP contribution >= 0.6 is 0 Å². The smallest absolute Gasteiger partial charge is 0.313 e. The first-order chi connectivity index (χ1) is 16.9. The molecule has 192 valence electrons. The van der Waals surface area contributed by atoms with E-state index < -0.39 is 35.0 Å². The average molecular weight is 487 g/mol. The summed E-state index contributed by atoms with van der Waals surface area (Å²) in [5.41, 5.74) is -2.23. The Morgan fingerprint density at radius 2 is 1.80 bits per heavy atom. The fourth-order valence-electron chi connectivity index (χ4n) is 7.04. The van der Waals surface area contributed by atoms with Crippen LogP contribution in [0.15, 0.2) is 24.3 Å². The number of hydrogen-bond acceptors (Lipinski definition) is 6. The van der Waals surface area contributed by atoms with Crippen LogP contribution in [0.25, 0.3) is 0 Å². The normalized spacial score (nSPS) is 37.4. The first-order valence-electron chi connectivity index (χ1n) is 13.4. The van der Waals surface area contributed by atoms with Gasteiger partial charge in [0, 0.05) is 25.7 Å². The minimum atomic E-state index is -1.21. The molecule has 1 N–H and O–H groups in total. The summed E-state index contributed by atoms with van der Waals surface area (Å²) in [6.07, 6.45) is 15.7. The van der Waals surface area contributed by atoms with Gasteiger partial charge in [-0.2, -0.15) is 0 Å². The number of amides is 2. The fraction of sp³-hybridized carbons (Fsp3) is 0.741. The van der Waals surface area contributed by atoms with E-state index in [2.05, 4.69) is 0 Å². The number of fused-ring (bicyclic) bond motifs is 2. The third-order valence-corrected chi connectivity index (χ3v) is 8.62. The van der Waals surface area contributed by atoms with Crippen molar-refractivity contribution in [2.45, 2.75) is 88.0 Å². The summed E-state index contributed by atoms with van der Waals surface area (Å²) in [5.74, 6) is -2.33. The van der Waals surface area contributed by atoms with Crippen LogP contribution in [0, 0.1) is 11.8 Å². The van der Waals surface area contributed by atoms with Gasteiger partial charge in [0.1, 0.15) is 17.6 Å². The molecule has 5 aliphatic rings. The molecule has 1 unspecified atom stereocenters. The SMILES string of the molecule is C[C@@]12C=CCCOC(=O)[C@@H]1[C@H]1C(=O)N(CCCCCO)C3C(=O)N(C4CCCCC4)CC=C[C@@]31O2.